The van der Waals surface area contributed by atoms with Crippen molar-refractivity contribution in [3.8, 4) is 0 Å². The number of carboxylic acids is 1. The number of nitrogens with zero attached hydrogens (tertiary/aromatic N) is 1. The van der Waals surface area contributed by atoms with Crippen LogP contribution in [0.3, 0.4) is 0 Å². The molecule has 0 spiro atoms. The molecular weight excluding hydrogens is 248 g/mol. The summed E-state index contributed by atoms with van der Waals surface area (Å²) < 4.78 is 5.09. The smallest absolute Gasteiger partial charge is 0.317 e. The molecule has 1 aliphatic carbocycles. The van der Waals surface area contributed by atoms with E-state index in [2.05, 4.69) is 5.32 Å². The van der Waals surface area contributed by atoms with E-state index >= 15 is 0 Å². The van der Waals surface area contributed by atoms with E-state index in [9.17, 15) is 14.7 Å². The van der Waals surface area contributed by atoms with E-state index in [-0.39, 0.29) is 12.6 Å². The normalized spacial score (nSPS) is 24.9. The molecule has 2 N–H and O–H groups in total. The summed E-state index contributed by atoms with van der Waals surface area (Å²) >= 11 is 0. The fourth-order valence-corrected chi connectivity index (χ4v) is 2.82. The average molecular weight is 270 g/mol. The lowest BCUT2D eigenvalue weighted by Crippen LogP contribution is -2.50. The van der Waals surface area contributed by atoms with Gasteiger partial charge < -0.3 is 20.1 Å². The summed E-state index contributed by atoms with van der Waals surface area (Å²) in [6.07, 6.45) is 3.21. The first kappa shape index (κ1) is 14.1. The minimum atomic E-state index is -0.794. The molecule has 1 unspecified atom stereocenters. The molecule has 2 aliphatic rings. The van der Waals surface area contributed by atoms with Crippen LogP contribution in [0, 0.1) is 11.3 Å². The van der Waals surface area contributed by atoms with Crippen LogP contribution in [0.5, 0.6) is 0 Å². The minimum absolute atomic E-state index is 0.147. The highest BCUT2D eigenvalue weighted by molar-refractivity contribution is 5.79. The first-order valence-corrected chi connectivity index (χ1v) is 6.82. The lowest BCUT2D eigenvalue weighted by atomic mass is 9.69. The number of carbonyl (C=O) groups is 2. The van der Waals surface area contributed by atoms with Gasteiger partial charge in [0.05, 0.1) is 12.0 Å². The standard InChI is InChI=1S/C13H22N2O4/c1-19-8-10-3-6-15(7-10)12(18)14-9-13(11(16)17)4-2-5-13/h10H,2-9H2,1H3,(H,14,18)(H,16,17). The van der Waals surface area contributed by atoms with Gasteiger partial charge >= 0.3 is 12.0 Å². The van der Waals surface area contributed by atoms with Crippen LogP contribution in [0.2, 0.25) is 0 Å². The van der Waals surface area contributed by atoms with E-state index in [1.54, 1.807) is 12.0 Å². The van der Waals surface area contributed by atoms with E-state index in [0.29, 0.717) is 31.9 Å². The molecule has 0 radical (unpaired) electrons. The van der Waals surface area contributed by atoms with Crippen LogP contribution in [-0.4, -0.2) is 55.4 Å². The molecule has 1 aliphatic heterocycles. The van der Waals surface area contributed by atoms with E-state index < -0.39 is 11.4 Å². The molecule has 108 valence electrons. The largest absolute Gasteiger partial charge is 0.481 e. The van der Waals surface area contributed by atoms with Crippen molar-refractivity contribution in [2.75, 3.05) is 33.4 Å². The van der Waals surface area contributed by atoms with E-state index in [0.717, 1.165) is 19.4 Å². The number of likely N-dealkylation sites (tertiary alicyclic amines) is 1. The van der Waals surface area contributed by atoms with Gasteiger partial charge in [-0.05, 0) is 19.3 Å². The highest BCUT2D eigenvalue weighted by atomic mass is 16.5. The Kier molecular flexibility index (Phi) is 4.29. The zero-order chi connectivity index (χ0) is 13.9. The number of amides is 2. The number of aliphatic carboxylic acids is 1. The predicted octanol–water partition coefficient (Wildman–Crippen LogP) is 0.919. The average Bonchev–Trinajstić information content (AvgIpc) is 2.76. The molecule has 1 saturated heterocycles. The molecule has 19 heavy (non-hydrogen) atoms. The number of carboxylic acid groups (broad SMARTS) is 1. The second-order valence-electron chi connectivity index (χ2n) is 5.65. The first-order chi connectivity index (χ1) is 9.07. The molecule has 1 saturated carbocycles. The Balaban J connectivity index is 1.77. The molecule has 2 amide bonds. The van der Waals surface area contributed by atoms with Gasteiger partial charge in [-0.25, -0.2) is 4.79 Å². The van der Waals surface area contributed by atoms with Gasteiger partial charge in [-0.15, -0.1) is 0 Å². The summed E-state index contributed by atoms with van der Waals surface area (Å²) in [5.74, 6) is -0.398. The van der Waals surface area contributed by atoms with Crippen molar-refractivity contribution in [3.63, 3.8) is 0 Å². The van der Waals surface area contributed by atoms with Crippen molar-refractivity contribution >= 4 is 12.0 Å². The van der Waals surface area contributed by atoms with Crippen LogP contribution in [0.4, 0.5) is 4.79 Å². The van der Waals surface area contributed by atoms with Gasteiger partial charge in [-0.2, -0.15) is 0 Å². The van der Waals surface area contributed by atoms with E-state index in [1.165, 1.54) is 0 Å². The number of ether oxygens (including phenoxy) is 1. The molecule has 0 aromatic heterocycles. The van der Waals surface area contributed by atoms with Crippen molar-refractivity contribution in [2.24, 2.45) is 11.3 Å². The third kappa shape index (κ3) is 3.00. The van der Waals surface area contributed by atoms with Gasteiger partial charge in [-0.1, -0.05) is 6.42 Å². The van der Waals surface area contributed by atoms with Gasteiger partial charge in [0, 0.05) is 32.7 Å². The Labute approximate surface area is 113 Å². The highest BCUT2D eigenvalue weighted by Gasteiger charge is 2.44. The van der Waals surface area contributed by atoms with Crippen molar-refractivity contribution in [1.29, 1.82) is 0 Å². The second-order valence-corrected chi connectivity index (χ2v) is 5.65. The van der Waals surface area contributed by atoms with Crippen molar-refractivity contribution in [2.45, 2.75) is 25.7 Å². The maximum atomic E-state index is 12.0. The molecule has 0 bridgehead atoms. The van der Waals surface area contributed by atoms with Crippen LogP contribution < -0.4 is 5.32 Å². The topological polar surface area (TPSA) is 78.9 Å². The van der Waals surface area contributed by atoms with Crippen molar-refractivity contribution in [3.05, 3.63) is 0 Å². The molecule has 0 aromatic rings. The summed E-state index contributed by atoms with van der Waals surface area (Å²) in [5, 5.41) is 12.0. The summed E-state index contributed by atoms with van der Waals surface area (Å²) in [5.41, 5.74) is -0.721. The molecule has 1 heterocycles. The monoisotopic (exact) mass is 270 g/mol. The molecule has 2 rings (SSSR count). The lowest BCUT2D eigenvalue weighted by molar-refractivity contribution is -0.153. The molecule has 2 fully saturated rings. The van der Waals surface area contributed by atoms with Crippen LogP contribution in [0.25, 0.3) is 0 Å². The van der Waals surface area contributed by atoms with Crippen molar-refractivity contribution < 1.29 is 19.4 Å². The molecule has 0 aromatic carbocycles. The lowest BCUT2D eigenvalue weighted by Gasteiger charge is -2.37. The maximum Gasteiger partial charge on any atom is 0.317 e. The van der Waals surface area contributed by atoms with Crippen LogP contribution in [0.15, 0.2) is 0 Å². The first-order valence-electron chi connectivity index (χ1n) is 6.82. The molecule has 1 atom stereocenters. The van der Waals surface area contributed by atoms with E-state index in [4.69, 9.17) is 4.74 Å². The number of urea groups is 1. The number of hydrogen-bond acceptors (Lipinski definition) is 3. The summed E-state index contributed by atoms with van der Waals surface area (Å²) in [7, 11) is 1.66. The van der Waals surface area contributed by atoms with Gasteiger partial charge in [0.25, 0.3) is 0 Å². The third-order valence-corrected chi connectivity index (χ3v) is 4.32. The van der Waals surface area contributed by atoms with Gasteiger partial charge in [-0.3, -0.25) is 4.79 Å². The number of rotatable bonds is 5. The van der Waals surface area contributed by atoms with Gasteiger partial charge in [0.15, 0.2) is 0 Å². The minimum Gasteiger partial charge on any atom is -0.481 e. The molecule has 6 heteroatoms. The number of carbonyl (C=O) groups excluding carboxylic acids is 1. The van der Waals surface area contributed by atoms with Gasteiger partial charge in [0.1, 0.15) is 0 Å². The third-order valence-electron chi connectivity index (χ3n) is 4.32. The highest BCUT2D eigenvalue weighted by Crippen LogP contribution is 2.40. The van der Waals surface area contributed by atoms with Crippen LogP contribution in [0.1, 0.15) is 25.7 Å². The fourth-order valence-electron chi connectivity index (χ4n) is 2.82. The predicted molar refractivity (Wildman–Crippen MR) is 68.9 cm³/mol. The summed E-state index contributed by atoms with van der Waals surface area (Å²) in [6, 6.07) is -0.147. The number of methoxy groups -OCH3 is 1. The number of hydrogen-bond donors (Lipinski definition) is 2. The summed E-state index contributed by atoms with van der Waals surface area (Å²) in [6.45, 7) is 2.33. The Morgan fingerprint density at radius 2 is 2.21 bits per heavy atom. The van der Waals surface area contributed by atoms with Gasteiger partial charge in [0.2, 0.25) is 0 Å². The maximum absolute atomic E-state index is 12.0. The van der Waals surface area contributed by atoms with Crippen LogP contribution in [-0.2, 0) is 9.53 Å². The Morgan fingerprint density at radius 3 is 2.74 bits per heavy atom. The van der Waals surface area contributed by atoms with Crippen molar-refractivity contribution in [1.82, 2.24) is 10.2 Å². The van der Waals surface area contributed by atoms with Crippen LogP contribution >= 0.6 is 0 Å². The SMILES string of the molecule is COCC1CCN(C(=O)NCC2(C(=O)O)CCC2)C1. The Bertz CT molecular complexity index is 355. The molecular formula is C13H22N2O4. The number of nitrogens with one attached hydrogen (secondary N) is 1. The Hall–Kier alpha value is -1.30. The second kappa shape index (κ2) is 5.77. The van der Waals surface area contributed by atoms with E-state index in [1.807, 2.05) is 0 Å². The molecule has 6 nitrogen and oxygen atoms in total. The zero-order valence-electron chi connectivity index (χ0n) is 11.4. The Morgan fingerprint density at radius 1 is 1.47 bits per heavy atom. The zero-order valence-corrected chi connectivity index (χ0v) is 11.4. The summed E-state index contributed by atoms with van der Waals surface area (Å²) in [4.78, 5) is 24.9. The fraction of sp³-hybridized carbons (Fsp3) is 0.846. The quantitative estimate of drug-likeness (QED) is 0.778.